The fourth-order valence-corrected chi connectivity index (χ4v) is 1.72. The zero-order valence-electron chi connectivity index (χ0n) is 10.2. The van der Waals surface area contributed by atoms with Crippen LogP contribution in [0.1, 0.15) is 25.7 Å². The zero-order chi connectivity index (χ0) is 16.1. The van der Waals surface area contributed by atoms with Gasteiger partial charge < -0.3 is 11.5 Å². The summed E-state index contributed by atoms with van der Waals surface area (Å²) in [5.74, 6) is -5.90. The minimum atomic E-state index is -4.61. The molecule has 0 rings (SSSR count). The van der Waals surface area contributed by atoms with Crippen LogP contribution in [0.3, 0.4) is 0 Å². The van der Waals surface area contributed by atoms with E-state index in [4.69, 9.17) is 11.5 Å². The largest absolute Gasteiger partial charge is 0.389 e. The number of rotatable bonds is 7. The topological polar surface area (TPSA) is 86.2 Å². The van der Waals surface area contributed by atoms with E-state index >= 15 is 0 Å². The van der Waals surface area contributed by atoms with E-state index in [0.29, 0.717) is 0 Å². The molecule has 0 unspecified atom stereocenters. The van der Waals surface area contributed by atoms with Gasteiger partial charge in [0.1, 0.15) is 0 Å². The number of carbonyl (C=O) groups is 2. The van der Waals surface area contributed by atoms with Crippen LogP contribution in [0.4, 0.5) is 26.3 Å². The summed E-state index contributed by atoms with van der Waals surface area (Å²) in [6.07, 6.45) is -13.8. The Labute approximate surface area is 110 Å². The van der Waals surface area contributed by atoms with Gasteiger partial charge in [0.15, 0.2) is 0 Å². The quantitative estimate of drug-likeness (QED) is 0.703. The molecule has 0 saturated carbocycles. The van der Waals surface area contributed by atoms with Crippen LogP contribution < -0.4 is 11.5 Å². The highest BCUT2D eigenvalue weighted by atomic mass is 19.4. The molecule has 2 amide bonds. The molecular formula is C10H14F6N2O2. The van der Waals surface area contributed by atoms with Crippen molar-refractivity contribution in [3.63, 3.8) is 0 Å². The Hall–Kier alpha value is -1.48. The molecule has 20 heavy (non-hydrogen) atoms. The van der Waals surface area contributed by atoms with Crippen molar-refractivity contribution in [1.29, 1.82) is 0 Å². The molecule has 0 spiro atoms. The van der Waals surface area contributed by atoms with Crippen LogP contribution in [0.15, 0.2) is 0 Å². The van der Waals surface area contributed by atoms with Crippen molar-refractivity contribution in [1.82, 2.24) is 0 Å². The first-order valence-electron chi connectivity index (χ1n) is 5.55. The average molecular weight is 308 g/mol. The average Bonchev–Trinajstić information content (AvgIpc) is 2.18. The lowest BCUT2D eigenvalue weighted by Crippen LogP contribution is -2.39. The SMILES string of the molecule is NC(=O)[C@@H](CCC(F)(F)F)[C@@H](CCC(F)(F)F)C(N)=O. The lowest BCUT2D eigenvalue weighted by atomic mass is 9.84. The van der Waals surface area contributed by atoms with E-state index in [1.54, 1.807) is 0 Å². The van der Waals surface area contributed by atoms with Crippen molar-refractivity contribution in [2.24, 2.45) is 23.3 Å². The second kappa shape index (κ2) is 6.80. The Balaban J connectivity index is 4.88. The number of halogens is 6. The number of primary amides is 2. The highest BCUT2D eigenvalue weighted by Crippen LogP contribution is 2.32. The molecule has 0 aromatic heterocycles. The van der Waals surface area contributed by atoms with Crippen LogP contribution in [0.25, 0.3) is 0 Å². The van der Waals surface area contributed by atoms with E-state index in [1.165, 1.54) is 0 Å². The van der Waals surface area contributed by atoms with Gasteiger partial charge in [0.2, 0.25) is 11.8 Å². The van der Waals surface area contributed by atoms with Gasteiger partial charge in [0, 0.05) is 24.7 Å². The van der Waals surface area contributed by atoms with Crippen LogP contribution >= 0.6 is 0 Å². The Bertz CT molecular complexity index is 319. The van der Waals surface area contributed by atoms with Crippen molar-refractivity contribution in [2.75, 3.05) is 0 Å². The standard InChI is InChI=1S/C10H14F6N2O2/c11-9(12,13)3-1-5(7(17)19)6(8(18)20)2-4-10(14,15)16/h5-6H,1-4H2,(H2,17,19)(H2,18,20)/t5-,6+. The first-order valence-corrected chi connectivity index (χ1v) is 5.55. The molecule has 0 aromatic carbocycles. The normalized spacial score (nSPS) is 15.7. The van der Waals surface area contributed by atoms with Gasteiger partial charge in [-0.2, -0.15) is 26.3 Å². The number of amides is 2. The first-order chi connectivity index (χ1) is 8.83. The smallest absolute Gasteiger partial charge is 0.369 e. The zero-order valence-corrected chi connectivity index (χ0v) is 10.2. The van der Waals surface area contributed by atoms with Crippen molar-refractivity contribution in [2.45, 2.75) is 38.0 Å². The summed E-state index contributed by atoms with van der Waals surface area (Å²) in [6, 6.07) is 0. The Morgan fingerprint density at radius 1 is 0.750 bits per heavy atom. The van der Waals surface area contributed by atoms with E-state index in [2.05, 4.69) is 0 Å². The van der Waals surface area contributed by atoms with E-state index in [1.807, 2.05) is 0 Å². The number of hydrogen-bond acceptors (Lipinski definition) is 2. The molecule has 0 aromatic rings. The van der Waals surface area contributed by atoms with Crippen molar-refractivity contribution in [3.8, 4) is 0 Å². The molecule has 0 bridgehead atoms. The Kier molecular flexibility index (Phi) is 6.30. The van der Waals surface area contributed by atoms with Crippen molar-refractivity contribution < 1.29 is 35.9 Å². The van der Waals surface area contributed by atoms with Crippen molar-refractivity contribution in [3.05, 3.63) is 0 Å². The maximum atomic E-state index is 12.1. The van der Waals surface area contributed by atoms with Crippen LogP contribution in [0, 0.1) is 11.8 Å². The molecule has 0 heterocycles. The summed E-state index contributed by atoms with van der Waals surface area (Å²) >= 11 is 0. The van der Waals surface area contributed by atoms with Crippen LogP contribution in [-0.4, -0.2) is 24.2 Å². The number of hydrogen-bond donors (Lipinski definition) is 2. The second-order valence-electron chi connectivity index (χ2n) is 4.33. The predicted octanol–water partition coefficient (Wildman–Crippen LogP) is 1.87. The minimum Gasteiger partial charge on any atom is -0.369 e. The van der Waals surface area contributed by atoms with Crippen LogP contribution in [-0.2, 0) is 9.59 Å². The van der Waals surface area contributed by atoms with Gasteiger partial charge in [-0.05, 0) is 12.8 Å². The number of carbonyl (C=O) groups excluding carboxylic acids is 2. The highest BCUT2D eigenvalue weighted by Gasteiger charge is 2.38. The molecular weight excluding hydrogens is 294 g/mol. The Morgan fingerprint density at radius 2 is 1.00 bits per heavy atom. The molecule has 118 valence electrons. The van der Waals surface area contributed by atoms with Crippen molar-refractivity contribution >= 4 is 11.8 Å². The summed E-state index contributed by atoms with van der Waals surface area (Å²) < 4.78 is 72.4. The number of nitrogens with two attached hydrogens (primary N) is 2. The molecule has 4 nitrogen and oxygen atoms in total. The fourth-order valence-electron chi connectivity index (χ4n) is 1.72. The third-order valence-electron chi connectivity index (χ3n) is 2.69. The third-order valence-corrected chi connectivity index (χ3v) is 2.69. The molecule has 0 aliphatic heterocycles. The molecule has 0 aliphatic carbocycles. The predicted molar refractivity (Wildman–Crippen MR) is 55.9 cm³/mol. The number of alkyl halides is 6. The fraction of sp³-hybridized carbons (Fsp3) is 0.800. The summed E-state index contributed by atoms with van der Waals surface area (Å²) in [5.41, 5.74) is 9.70. The molecule has 0 aliphatic rings. The molecule has 0 fully saturated rings. The summed E-state index contributed by atoms with van der Waals surface area (Å²) in [7, 11) is 0. The highest BCUT2D eigenvalue weighted by molar-refractivity contribution is 5.85. The first kappa shape index (κ1) is 18.5. The molecule has 2 atom stereocenters. The maximum absolute atomic E-state index is 12.1. The maximum Gasteiger partial charge on any atom is 0.389 e. The van der Waals surface area contributed by atoms with E-state index in [-0.39, 0.29) is 0 Å². The Morgan fingerprint density at radius 3 is 1.15 bits per heavy atom. The lowest BCUT2D eigenvalue weighted by Gasteiger charge is -2.23. The van der Waals surface area contributed by atoms with Gasteiger partial charge in [0.25, 0.3) is 0 Å². The monoisotopic (exact) mass is 308 g/mol. The lowest BCUT2D eigenvalue weighted by molar-refractivity contribution is -0.151. The molecule has 0 radical (unpaired) electrons. The van der Waals surface area contributed by atoms with Gasteiger partial charge in [-0.25, -0.2) is 0 Å². The summed E-state index contributed by atoms with van der Waals surface area (Å²) in [4.78, 5) is 22.1. The van der Waals surface area contributed by atoms with E-state index in [0.717, 1.165) is 0 Å². The van der Waals surface area contributed by atoms with Gasteiger partial charge >= 0.3 is 12.4 Å². The third kappa shape index (κ3) is 7.85. The van der Waals surface area contributed by atoms with E-state index in [9.17, 15) is 35.9 Å². The van der Waals surface area contributed by atoms with Crippen LogP contribution in [0.5, 0.6) is 0 Å². The van der Waals surface area contributed by atoms with Gasteiger partial charge in [-0.3, -0.25) is 9.59 Å². The second-order valence-corrected chi connectivity index (χ2v) is 4.33. The van der Waals surface area contributed by atoms with Gasteiger partial charge in [-0.1, -0.05) is 0 Å². The summed E-state index contributed by atoms with van der Waals surface area (Å²) in [6.45, 7) is 0. The van der Waals surface area contributed by atoms with E-state index < -0.39 is 61.7 Å². The van der Waals surface area contributed by atoms with Gasteiger partial charge in [-0.15, -0.1) is 0 Å². The van der Waals surface area contributed by atoms with Gasteiger partial charge in [0.05, 0.1) is 0 Å². The minimum absolute atomic E-state index is 0.871. The van der Waals surface area contributed by atoms with Crippen LogP contribution in [0.2, 0.25) is 0 Å². The summed E-state index contributed by atoms with van der Waals surface area (Å²) in [5, 5.41) is 0. The molecule has 0 saturated heterocycles. The molecule has 10 heteroatoms. The molecule has 4 N–H and O–H groups in total.